The number of carbonyl (C=O) groups is 2. The minimum Gasteiger partial charge on any atom is -0.477 e. The lowest BCUT2D eigenvalue weighted by atomic mass is 9.67. The second kappa shape index (κ2) is 11.4. The number of hydrogen-bond acceptors (Lipinski definition) is 3. The number of benzene rings is 2. The molecule has 0 aliphatic heterocycles. The van der Waals surface area contributed by atoms with Gasteiger partial charge in [-0.05, 0) is 48.9 Å². The van der Waals surface area contributed by atoms with E-state index in [-0.39, 0.29) is 23.8 Å². The zero-order chi connectivity index (χ0) is 24.5. The summed E-state index contributed by atoms with van der Waals surface area (Å²) in [4.78, 5) is 26.3. The second-order valence-electron chi connectivity index (χ2n) is 10.1. The number of amides is 2. The Hall–Kier alpha value is -2.82. The minimum absolute atomic E-state index is 0.0695. The third-order valence-electron chi connectivity index (χ3n) is 6.96. The first-order chi connectivity index (χ1) is 15.5. The van der Waals surface area contributed by atoms with Crippen molar-refractivity contribution in [3.63, 3.8) is 0 Å². The monoisotopic (exact) mass is 452 g/mol. The number of rotatable bonds is 12. The van der Waals surface area contributed by atoms with Gasteiger partial charge in [-0.2, -0.15) is 0 Å². The van der Waals surface area contributed by atoms with E-state index in [1.54, 1.807) is 0 Å². The maximum Gasteiger partial charge on any atom is 0.265 e. The number of para-hydroxylation sites is 2. The molecule has 1 atom stereocenters. The molecule has 2 N–H and O–H groups in total. The van der Waals surface area contributed by atoms with Crippen LogP contribution in [0.2, 0.25) is 0 Å². The molecule has 0 fully saturated rings. The Morgan fingerprint density at radius 2 is 1.39 bits per heavy atom. The van der Waals surface area contributed by atoms with E-state index in [9.17, 15) is 9.59 Å². The molecule has 0 heterocycles. The van der Waals surface area contributed by atoms with E-state index in [4.69, 9.17) is 4.74 Å². The predicted molar refractivity (Wildman–Crippen MR) is 135 cm³/mol. The Bertz CT molecular complexity index is 894. The van der Waals surface area contributed by atoms with Crippen molar-refractivity contribution in [3.05, 3.63) is 60.7 Å². The zero-order valence-corrected chi connectivity index (χ0v) is 21.0. The van der Waals surface area contributed by atoms with Crippen LogP contribution in [0, 0.1) is 10.8 Å². The Morgan fingerprint density at radius 1 is 0.818 bits per heavy atom. The molecule has 0 aliphatic rings. The molecule has 2 aromatic rings. The SMILES string of the molecule is CCC(C)(C)CCC(Oc1ccccc1)(C(=O)NCC(=O)Nc1ccccc1)C(C)(C)CC. The fourth-order valence-corrected chi connectivity index (χ4v) is 3.69. The van der Waals surface area contributed by atoms with Gasteiger partial charge >= 0.3 is 0 Å². The van der Waals surface area contributed by atoms with Crippen LogP contribution in [0.25, 0.3) is 0 Å². The van der Waals surface area contributed by atoms with Crippen LogP contribution in [-0.2, 0) is 9.59 Å². The van der Waals surface area contributed by atoms with E-state index in [0.29, 0.717) is 17.9 Å². The molecule has 180 valence electrons. The van der Waals surface area contributed by atoms with Crippen molar-refractivity contribution in [1.29, 1.82) is 0 Å². The smallest absolute Gasteiger partial charge is 0.265 e. The first-order valence-electron chi connectivity index (χ1n) is 11.9. The van der Waals surface area contributed by atoms with Crippen LogP contribution in [0.5, 0.6) is 5.75 Å². The van der Waals surface area contributed by atoms with Crippen molar-refractivity contribution in [2.75, 3.05) is 11.9 Å². The van der Waals surface area contributed by atoms with E-state index < -0.39 is 11.0 Å². The minimum atomic E-state index is -1.12. The van der Waals surface area contributed by atoms with Gasteiger partial charge in [-0.25, -0.2) is 0 Å². The zero-order valence-electron chi connectivity index (χ0n) is 21.0. The summed E-state index contributed by atoms with van der Waals surface area (Å²) in [5.41, 5.74) is -0.822. The summed E-state index contributed by atoms with van der Waals surface area (Å²) >= 11 is 0. The highest BCUT2D eigenvalue weighted by molar-refractivity contribution is 5.96. The maximum atomic E-state index is 13.8. The molecule has 0 radical (unpaired) electrons. The van der Waals surface area contributed by atoms with Crippen LogP contribution >= 0.6 is 0 Å². The van der Waals surface area contributed by atoms with Crippen molar-refractivity contribution in [1.82, 2.24) is 5.32 Å². The van der Waals surface area contributed by atoms with E-state index in [1.165, 1.54) is 0 Å². The van der Waals surface area contributed by atoms with Crippen LogP contribution in [-0.4, -0.2) is 24.0 Å². The molecule has 5 heteroatoms. The molecule has 0 spiro atoms. The van der Waals surface area contributed by atoms with Crippen molar-refractivity contribution in [2.45, 2.75) is 72.8 Å². The molecule has 0 aromatic heterocycles. The fourth-order valence-electron chi connectivity index (χ4n) is 3.69. The summed E-state index contributed by atoms with van der Waals surface area (Å²) in [7, 11) is 0. The van der Waals surface area contributed by atoms with Gasteiger partial charge in [0.1, 0.15) is 5.75 Å². The van der Waals surface area contributed by atoms with Crippen molar-refractivity contribution in [2.24, 2.45) is 10.8 Å². The highest BCUT2D eigenvalue weighted by Gasteiger charge is 2.53. The molecule has 0 bridgehead atoms. The van der Waals surface area contributed by atoms with Gasteiger partial charge in [0.05, 0.1) is 6.54 Å². The normalized spacial score (nSPS) is 13.6. The summed E-state index contributed by atoms with van der Waals surface area (Å²) in [5, 5.41) is 5.70. The first-order valence-corrected chi connectivity index (χ1v) is 11.9. The molecule has 0 saturated heterocycles. The summed E-state index contributed by atoms with van der Waals surface area (Å²) in [6.45, 7) is 12.7. The molecule has 33 heavy (non-hydrogen) atoms. The maximum absolute atomic E-state index is 13.8. The molecule has 5 nitrogen and oxygen atoms in total. The second-order valence-corrected chi connectivity index (χ2v) is 10.1. The molecule has 2 rings (SSSR count). The third-order valence-corrected chi connectivity index (χ3v) is 6.96. The lowest BCUT2D eigenvalue weighted by molar-refractivity contribution is -0.152. The summed E-state index contributed by atoms with van der Waals surface area (Å²) in [6, 6.07) is 18.7. The van der Waals surface area contributed by atoms with Crippen molar-refractivity contribution >= 4 is 17.5 Å². The van der Waals surface area contributed by atoms with Crippen molar-refractivity contribution in [3.8, 4) is 5.75 Å². The molecular formula is C28H40N2O3. The summed E-state index contributed by atoms with van der Waals surface area (Å²) in [6.07, 6.45) is 3.12. The Balaban J connectivity index is 2.31. The van der Waals surface area contributed by atoms with Crippen LogP contribution < -0.4 is 15.4 Å². The van der Waals surface area contributed by atoms with Crippen molar-refractivity contribution < 1.29 is 14.3 Å². The average Bonchev–Trinajstić information content (AvgIpc) is 2.81. The number of anilines is 1. The summed E-state index contributed by atoms with van der Waals surface area (Å²) < 4.78 is 6.57. The third kappa shape index (κ3) is 7.08. The van der Waals surface area contributed by atoms with Gasteiger partial charge in [0.2, 0.25) is 5.91 Å². The number of hydrogen-bond donors (Lipinski definition) is 2. The molecule has 2 aromatic carbocycles. The van der Waals surface area contributed by atoms with E-state index >= 15 is 0 Å². The number of carbonyl (C=O) groups excluding carboxylic acids is 2. The van der Waals surface area contributed by atoms with Gasteiger partial charge in [-0.1, -0.05) is 84.4 Å². The molecule has 0 saturated carbocycles. The Morgan fingerprint density at radius 3 is 1.94 bits per heavy atom. The quantitative estimate of drug-likeness (QED) is 0.402. The largest absolute Gasteiger partial charge is 0.477 e. The Labute approximate surface area is 199 Å². The van der Waals surface area contributed by atoms with Gasteiger partial charge < -0.3 is 15.4 Å². The Kier molecular flexibility index (Phi) is 9.09. The molecule has 2 amide bonds. The van der Waals surface area contributed by atoms with Gasteiger partial charge in [0.25, 0.3) is 5.91 Å². The number of nitrogens with one attached hydrogen (secondary N) is 2. The molecule has 0 aliphatic carbocycles. The van der Waals surface area contributed by atoms with E-state index in [2.05, 4.69) is 52.2 Å². The lowest BCUT2D eigenvalue weighted by Gasteiger charge is -2.46. The standard InChI is InChI=1S/C28H40N2O3/c1-7-26(3,4)19-20-28(27(5,6)8-2,33-23-17-13-10-14-18-23)25(32)29-21-24(31)30-22-15-11-9-12-16-22/h9-18H,7-8,19-21H2,1-6H3,(H,29,32)(H,30,31). The number of ether oxygens (including phenoxy) is 1. The lowest BCUT2D eigenvalue weighted by Crippen LogP contribution is -2.61. The van der Waals surface area contributed by atoms with Crippen LogP contribution in [0.3, 0.4) is 0 Å². The molecule has 1 unspecified atom stereocenters. The summed E-state index contributed by atoms with van der Waals surface area (Å²) in [5.74, 6) is 0.122. The van der Waals surface area contributed by atoms with Crippen LogP contribution in [0.1, 0.15) is 67.2 Å². The van der Waals surface area contributed by atoms with Gasteiger partial charge in [0, 0.05) is 11.1 Å². The van der Waals surface area contributed by atoms with Crippen LogP contribution in [0.15, 0.2) is 60.7 Å². The van der Waals surface area contributed by atoms with E-state index in [0.717, 1.165) is 19.3 Å². The van der Waals surface area contributed by atoms with Gasteiger partial charge in [-0.15, -0.1) is 0 Å². The molecular weight excluding hydrogens is 412 g/mol. The topological polar surface area (TPSA) is 67.4 Å². The van der Waals surface area contributed by atoms with Gasteiger partial charge in [-0.3, -0.25) is 9.59 Å². The first kappa shape index (κ1) is 26.4. The fraction of sp³-hybridized carbons (Fsp3) is 0.500. The van der Waals surface area contributed by atoms with Gasteiger partial charge in [0.15, 0.2) is 5.60 Å². The highest BCUT2D eigenvalue weighted by atomic mass is 16.5. The van der Waals surface area contributed by atoms with E-state index in [1.807, 2.05) is 60.7 Å². The highest BCUT2D eigenvalue weighted by Crippen LogP contribution is 2.44. The van der Waals surface area contributed by atoms with Crippen LogP contribution in [0.4, 0.5) is 5.69 Å². The average molecular weight is 453 g/mol. The predicted octanol–water partition coefficient (Wildman–Crippen LogP) is 6.21.